The largest absolute Gasteiger partial charge is 0.417 e. The second-order valence-electron chi connectivity index (χ2n) is 11.1. The van der Waals surface area contributed by atoms with Gasteiger partial charge >= 0.3 is 6.18 Å². The van der Waals surface area contributed by atoms with Gasteiger partial charge < -0.3 is 5.32 Å². The maximum absolute atomic E-state index is 14.2. The molecule has 3 aromatic rings. The number of alkyl halides is 3. The second-order valence-corrected chi connectivity index (χ2v) is 14.5. The van der Waals surface area contributed by atoms with Crippen LogP contribution in [0.2, 0.25) is 5.02 Å². The van der Waals surface area contributed by atoms with Crippen molar-refractivity contribution in [2.75, 3.05) is 15.8 Å². The van der Waals surface area contributed by atoms with E-state index in [1.54, 1.807) is 22.5 Å². The van der Waals surface area contributed by atoms with Crippen molar-refractivity contribution in [1.82, 2.24) is 10.3 Å². The van der Waals surface area contributed by atoms with E-state index in [0.29, 0.717) is 23.0 Å². The number of hydrogen-bond donors (Lipinski definition) is 1. The Hall–Kier alpha value is -3.27. The van der Waals surface area contributed by atoms with Crippen molar-refractivity contribution < 1.29 is 26.4 Å². The summed E-state index contributed by atoms with van der Waals surface area (Å²) in [6.45, 7) is -0.182. The summed E-state index contributed by atoms with van der Waals surface area (Å²) in [6.07, 6.45) is -0.546. The number of pyridine rings is 1. The Morgan fingerprint density at radius 2 is 1.84 bits per heavy atom. The molecular weight excluding hydrogens is 621 g/mol. The van der Waals surface area contributed by atoms with Crippen molar-refractivity contribution in [3.8, 4) is 6.07 Å². The fraction of sp³-hybridized carbons (Fsp3) is 0.367. The summed E-state index contributed by atoms with van der Waals surface area (Å²) >= 11 is 7.85. The van der Waals surface area contributed by atoms with Crippen LogP contribution in [0, 0.1) is 17.2 Å². The molecule has 1 atom stereocenters. The highest BCUT2D eigenvalue weighted by atomic mass is 35.5. The number of sulfonamides is 1. The van der Waals surface area contributed by atoms with Crippen LogP contribution >= 0.6 is 23.4 Å². The zero-order chi connectivity index (χ0) is 30.6. The molecule has 1 aromatic heterocycles. The molecule has 3 aliphatic rings. The van der Waals surface area contributed by atoms with Gasteiger partial charge in [0.05, 0.1) is 51.1 Å². The van der Waals surface area contributed by atoms with E-state index < -0.39 is 33.1 Å². The highest BCUT2D eigenvalue weighted by Gasteiger charge is 2.59. The molecule has 1 saturated carbocycles. The Bertz CT molecular complexity index is 1730. The summed E-state index contributed by atoms with van der Waals surface area (Å²) in [4.78, 5) is 17.2. The first-order valence-electron chi connectivity index (χ1n) is 13.7. The summed E-state index contributed by atoms with van der Waals surface area (Å²) in [5.41, 5.74) is 0.703. The fourth-order valence-corrected chi connectivity index (χ4v) is 9.52. The lowest BCUT2D eigenvalue weighted by Gasteiger charge is -2.41. The third-order valence-corrected chi connectivity index (χ3v) is 11.6. The highest BCUT2D eigenvalue weighted by Crippen LogP contribution is 2.59. The molecule has 2 fully saturated rings. The number of hydrogen-bond acceptors (Lipinski definition) is 6. The predicted molar refractivity (Wildman–Crippen MR) is 157 cm³/mol. The Morgan fingerprint density at radius 1 is 1.14 bits per heavy atom. The zero-order valence-corrected chi connectivity index (χ0v) is 25.1. The van der Waals surface area contributed by atoms with E-state index >= 15 is 0 Å². The molecule has 2 aliphatic heterocycles. The quantitative estimate of drug-likeness (QED) is 0.337. The summed E-state index contributed by atoms with van der Waals surface area (Å²) in [6, 6.07) is 13.4. The molecule has 0 unspecified atom stereocenters. The molecule has 0 radical (unpaired) electrons. The van der Waals surface area contributed by atoms with Gasteiger partial charge in [-0.2, -0.15) is 30.2 Å². The van der Waals surface area contributed by atoms with Crippen LogP contribution in [0.1, 0.15) is 58.4 Å². The standard InChI is InChI=1S/C30H26ClF3N4O3S2/c31-24-14-21(30(32,33)34)16-36-25(24)17-37-28(39)20-5-8-26-23(13-20)29(9-11-42-12-10-29)27(19-3-4-19)38(26)43(40,41)22-6-1-18(15-35)2-7-22/h1-2,5-8,13-14,16,19,27H,3-4,9-12,17H2,(H,37,39)/t27-/m0/s1. The normalized spacial score (nSPS) is 19.6. The van der Waals surface area contributed by atoms with Crippen molar-refractivity contribution in [2.45, 2.75) is 54.8 Å². The summed E-state index contributed by atoms with van der Waals surface area (Å²) in [5.74, 6) is 1.44. The van der Waals surface area contributed by atoms with Gasteiger partial charge in [-0.25, -0.2) is 8.42 Å². The van der Waals surface area contributed by atoms with E-state index in [4.69, 9.17) is 11.6 Å². The first-order valence-corrected chi connectivity index (χ1v) is 16.7. The third kappa shape index (κ3) is 5.36. The lowest BCUT2D eigenvalue weighted by molar-refractivity contribution is -0.137. The minimum Gasteiger partial charge on any atom is -0.346 e. The number of nitrogens with one attached hydrogen (secondary N) is 1. The third-order valence-electron chi connectivity index (χ3n) is 8.51. The molecule has 224 valence electrons. The number of halogens is 4. The lowest BCUT2D eigenvalue weighted by Crippen LogP contribution is -2.50. The Labute approximate surface area is 256 Å². The second kappa shape index (κ2) is 11.0. The molecule has 13 heteroatoms. The van der Waals surface area contributed by atoms with Crippen LogP contribution in [-0.2, 0) is 28.2 Å². The average molecular weight is 647 g/mol. The number of nitriles is 1. The van der Waals surface area contributed by atoms with Crippen molar-refractivity contribution in [3.05, 3.63) is 87.7 Å². The number of aromatic nitrogens is 1. The monoisotopic (exact) mass is 646 g/mol. The Balaban J connectivity index is 1.35. The minimum absolute atomic E-state index is 0.0958. The fourth-order valence-electron chi connectivity index (χ4n) is 6.27. The Kier molecular flexibility index (Phi) is 7.63. The average Bonchev–Trinajstić information content (AvgIpc) is 3.80. The SMILES string of the molecule is N#Cc1ccc(S(=O)(=O)N2c3ccc(C(=O)NCc4ncc(C(F)(F)F)cc4Cl)cc3C3(CCSCC3)[C@@H]2C2CC2)cc1. The van der Waals surface area contributed by atoms with Crippen LogP contribution in [-0.4, -0.2) is 36.9 Å². The van der Waals surface area contributed by atoms with Gasteiger partial charge in [0.25, 0.3) is 15.9 Å². The highest BCUT2D eigenvalue weighted by molar-refractivity contribution is 7.99. The van der Waals surface area contributed by atoms with Crippen LogP contribution in [0.15, 0.2) is 59.6 Å². The van der Waals surface area contributed by atoms with Gasteiger partial charge in [0.1, 0.15) is 0 Å². The summed E-state index contributed by atoms with van der Waals surface area (Å²) in [7, 11) is -3.99. The van der Waals surface area contributed by atoms with Gasteiger partial charge in [0.15, 0.2) is 0 Å². The molecule has 43 heavy (non-hydrogen) atoms. The van der Waals surface area contributed by atoms with Crippen molar-refractivity contribution in [3.63, 3.8) is 0 Å². The number of anilines is 1. The van der Waals surface area contributed by atoms with Crippen molar-refractivity contribution in [2.24, 2.45) is 5.92 Å². The van der Waals surface area contributed by atoms with Gasteiger partial charge in [-0.1, -0.05) is 11.6 Å². The number of nitrogens with zero attached hydrogens (tertiary/aromatic N) is 3. The number of thioether (sulfide) groups is 1. The molecule has 3 heterocycles. The van der Waals surface area contributed by atoms with Crippen LogP contribution in [0.25, 0.3) is 0 Å². The molecule has 1 spiro atoms. The maximum atomic E-state index is 14.2. The van der Waals surface area contributed by atoms with Gasteiger partial charge in [-0.05, 0) is 97.2 Å². The number of rotatable bonds is 6. The zero-order valence-electron chi connectivity index (χ0n) is 22.7. The number of benzene rings is 2. The van der Waals surface area contributed by atoms with Crippen LogP contribution < -0.4 is 9.62 Å². The Morgan fingerprint density at radius 3 is 2.44 bits per heavy atom. The topological polar surface area (TPSA) is 103 Å². The number of amides is 1. The van der Waals surface area contributed by atoms with Gasteiger partial charge in [-0.15, -0.1) is 0 Å². The first-order chi connectivity index (χ1) is 20.5. The van der Waals surface area contributed by atoms with E-state index in [1.807, 2.05) is 17.8 Å². The van der Waals surface area contributed by atoms with Crippen molar-refractivity contribution >= 4 is 45.0 Å². The molecular formula is C30H26ClF3N4O3S2. The molecule has 1 N–H and O–H groups in total. The molecule has 7 nitrogen and oxygen atoms in total. The molecule has 2 aromatic carbocycles. The van der Waals surface area contributed by atoms with Crippen LogP contribution in [0.3, 0.4) is 0 Å². The molecule has 1 saturated heterocycles. The number of carbonyl (C=O) groups excluding carboxylic acids is 1. The van der Waals surface area contributed by atoms with E-state index in [-0.39, 0.29) is 34.1 Å². The summed E-state index contributed by atoms with van der Waals surface area (Å²) < 4.78 is 69.0. The number of carbonyl (C=O) groups is 1. The van der Waals surface area contributed by atoms with Gasteiger partial charge in [-0.3, -0.25) is 14.1 Å². The molecule has 6 rings (SSSR count). The predicted octanol–water partition coefficient (Wildman–Crippen LogP) is 6.31. The summed E-state index contributed by atoms with van der Waals surface area (Å²) in [5, 5.41) is 11.7. The lowest BCUT2D eigenvalue weighted by atomic mass is 9.70. The van der Waals surface area contributed by atoms with Crippen LogP contribution in [0.4, 0.5) is 18.9 Å². The maximum Gasteiger partial charge on any atom is 0.417 e. The van der Waals surface area contributed by atoms with Crippen LogP contribution in [0.5, 0.6) is 0 Å². The molecule has 1 aliphatic carbocycles. The van der Waals surface area contributed by atoms with Crippen molar-refractivity contribution in [1.29, 1.82) is 5.26 Å². The van der Waals surface area contributed by atoms with E-state index in [2.05, 4.69) is 10.3 Å². The van der Waals surface area contributed by atoms with E-state index in [0.717, 1.165) is 48.8 Å². The molecule has 0 bridgehead atoms. The van der Waals surface area contributed by atoms with E-state index in [1.165, 1.54) is 24.3 Å². The first kappa shape index (κ1) is 29.8. The van der Waals surface area contributed by atoms with E-state index in [9.17, 15) is 31.6 Å². The molecule has 1 amide bonds. The smallest absolute Gasteiger partial charge is 0.346 e. The number of fused-ring (bicyclic) bond motifs is 2. The van der Waals surface area contributed by atoms with Gasteiger partial charge in [0, 0.05) is 17.2 Å². The van der Waals surface area contributed by atoms with Gasteiger partial charge in [0.2, 0.25) is 0 Å². The minimum atomic E-state index is -4.59.